The number of hydrazone groups is 1. The number of nitrogens with two attached hydrogens (primary N) is 1. The summed E-state index contributed by atoms with van der Waals surface area (Å²) < 4.78 is 0. The van der Waals surface area contributed by atoms with Gasteiger partial charge in [0.05, 0.1) is 11.4 Å². The molecule has 0 spiro atoms. The minimum Gasteiger partial charge on any atom is -0.399 e. The summed E-state index contributed by atoms with van der Waals surface area (Å²) in [5, 5.41) is 4.50. The van der Waals surface area contributed by atoms with Gasteiger partial charge in [0.1, 0.15) is 0 Å². The highest BCUT2D eigenvalue weighted by Gasteiger charge is 2.08. The molecular formula is C24H21N5. The van der Waals surface area contributed by atoms with Gasteiger partial charge in [0, 0.05) is 22.9 Å². The summed E-state index contributed by atoms with van der Waals surface area (Å²) in [6, 6.07) is 29.5. The molecule has 0 unspecified atom stereocenters. The van der Waals surface area contributed by atoms with Crippen LogP contribution >= 0.6 is 0 Å². The zero-order valence-electron chi connectivity index (χ0n) is 16.1. The molecule has 5 heteroatoms. The van der Waals surface area contributed by atoms with Crippen molar-refractivity contribution in [3.05, 3.63) is 96.6 Å². The zero-order chi connectivity index (χ0) is 20.1. The maximum Gasteiger partial charge on any atom is 0.162 e. The lowest BCUT2D eigenvalue weighted by atomic mass is 10.1. The van der Waals surface area contributed by atoms with Crippen molar-refractivity contribution >= 4 is 17.2 Å². The predicted octanol–water partition coefficient (Wildman–Crippen LogP) is 5.23. The van der Waals surface area contributed by atoms with Crippen molar-refractivity contribution in [3.63, 3.8) is 0 Å². The number of hydrogen-bond acceptors (Lipinski definition) is 5. The van der Waals surface area contributed by atoms with Gasteiger partial charge in [-0.05, 0) is 24.6 Å². The van der Waals surface area contributed by atoms with Crippen molar-refractivity contribution < 1.29 is 0 Å². The summed E-state index contributed by atoms with van der Waals surface area (Å²) in [6.07, 6.45) is 0. The maximum absolute atomic E-state index is 5.88. The van der Waals surface area contributed by atoms with Crippen molar-refractivity contribution in [3.8, 4) is 22.6 Å². The van der Waals surface area contributed by atoms with Gasteiger partial charge in [-0.1, -0.05) is 72.8 Å². The van der Waals surface area contributed by atoms with E-state index in [0.717, 1.165) is 28.1 Å². The first-order chi connectivity index (χ1) is 14.2. The lowest BCUT2D eigenvalue weighted by Crippen LogP contribution is -2.03. The van der Waals surface area contributed by atoms with Gasteiger partial charge in [-0.3, -0.25) is 5.43 Å². The van der Waals surface area contributed by atoms with Gasteiger partial charge >= 0.3 is 0 Å². The summed E-state index contributed by atoms with van der Waals surface area (Å²) in [7, 11) is 0. The fourth-order valence-electron chi connectivity index (χ4n) is 2.95. The summed E-state index contributed by atoms with van der Waals surface area (Å²) in [5.74, 6) is 1.27. The molecule has 4 aromatic rings. The molecule has 0 atom stereocenters. The van der Waals surface area contributed by atoms with Crippen LogP contribution in [0.4, 0.5) is 11.5 Å². The third kappa shape index (κ3) is 4.47. The molecule has 0 saturated carbocycles. The average Bonchev–Trinajstić information content (AvgIpc) is 2.78. The zero-order valence-corrected chi connectivity index (χ0v) is 16.1. The third-order valence-electron chi connectivity index (χ3n) is 4.47. The van der Waals surface area contributed by atoms with E-state index in [0.29, 0.717) is 17.3 Å². The van der Waals surface area contributed by atoms with Gasteiger partial charge in [0.25, 0.3) is 0 Å². The van der Waals surface area contributed by atoms with Crippen molar-refractivity contribution in [1.29, 1.82) is 0 Å². The van der Waals surface area contributed by atoms with E-state index in [1.807, 2.05) is 97.9 Å². The predicted molar refractivity (Wildman–Crippen MR) is 120 cm³/mol. The Bertz CT molecular complexity index is 1080. The molecule has 0 aliphatic heterocycles. The Morgan fingerprint density at radius 3 is 2.17 bits per heavy atom. The summed E-state index contributed by atoms with van der Waals surface area (Å²) in [4.78, 5) is 9.41. The Labute approximate surface area is 170 Å². The van der Waals surface area contributed by atoms with Crippen LogP contribution in [0.3, 0.4) is 0 Å². The quantitative estimate of drug-likeness (QED) is 0.283. The molecule has 3 aromatic carbocycles. The second-order valence-electron chi connectivity index (χ2n) is 6.63. The second-order valence-corrected chi connectivity index (χ2v) is 6.63. The fraction of sp³-hybridized carbons (Fsp3) is 0.0417. The summed E-state index contributed by atoms with van der Waals surface area (Å²) >= 11 is 0. The highest BCUT2D eigenvalue weighted by atomic mass is 15.3. The first-order valence-corrected chi connectivity index (χ1v) is 9.35. The molecule has 3 N–H and O–H groups in total. The molecule has 0 aliphatic rings. The average molecular weight is 379 g/mol. The van der Waals surface area contributed by atoms with Crippen LogP contribution in [0.1, 0.15) is 12.5 Å². The molecule has 142 valence electrons. The fourth-order valence-corrected chi connectivity index (χ4v) is 2.95. The van der Waals surface area contributed by atoms with Crippen LogP contribution in [0.2, 0.25) is 0 Å². The number of nitrogens with zero attached hydrogens (tertiary/aromatic N) is 3. The number of rotatable bonds is 5. The molecule has 1 aromatic heterocycles. The largest absolute Gasteiger partial charge is 0.399 e. The number of hydrogen-bond donors (Lipinski definition) is 2. The minimum absolute atomic E-state index is 0.626. The van der Waals surface area contributed by atoms with Crippen LogP contribution in [0.15, 0.2) is 96.1 Å². The molecule has 0 bridgehead atoms. The third-order valence-corrected chi connectivity index (χ3v) is 4.47. The Hall–Kier alpha value is -3.99. The van der Waals surface area contributed by atoms with E-state index in [4.69, 9.17) is 10.7 Å². The van der Waals surface area contributed by atoms with Gasteiger partial charge in [-0.2, -0.15) is 5.10 Å². The van der Waals surface area contributed by atoms with Crippen LogP contribution in [0, 0.1) is 0 Å². The molecule has 0 radical (unpaired) electrons. The molecule has 0 amide bonds. The van der Waals surface area contributed by atoms with Crippen molar-refractivity contribution in [2.75, 3.05) is 11.2 Å². The molecule has 4 rings (SSSR count). The van der Waals surface area contributed by atoms with E-state index in [1.165, 1.54) is 0 Å². The highest BCUT2D eigenvalue weighted by Crippen LogP contribution is 2.24. The normalized spacial score (nSPS) is 11.3. The number of nitrogen functional groups attached to an aromatic ring is 1. The molecule has 0 saturated heterocycles. The van der Waals surface area contributed by atoms with Crippen LogP contribution in [0.25, 0.3) is 22.6 Å². The Morgan fingerprint density at radius 2 is 1.48 bits per heavy atom. The molecule has 0 aliphatic carbocycles. The van der Waals surface area contributed by atoms with E-state index >= 15 is 0 Å². The van der Waals surface area contributed by atoms with Gasteiger partial charge < -0.3 is 5.73 Å². The lowest BCUT2D eigenvalue weighted by molar-refractivity contribution is 1.15. The Balaban J connectivity index is 1.71. The summed E-state index contributed by atoms with van der Waals surface area (Å²) in [6.45, 7) is 1.93. The van der Waals surface area contributed by atoms with E-state index in [1.54, 1.807) is 0 Å². The van der Waals surface area contributed by atoms with E-state index in [9.17, 15) is 0 Å². The Kier molecular flexibility index (Phi) is 5.29. The SMILES string of the molecule is CC(=NNc1cc(-c2ccccc2)nc(-c2ccccc2)n1)c1cccc(N)c1. The van der Waals surface area contributed by atoms with Gasteiger partial charge in [0.2, 0.25) is 0 Å². The highest BCUT2D eigenvalue weighted by molar-refractivity contribution is 5.99. The van der Waals surface area contributed by atoms with Gasteiger partial charge in [-0.25, -0.2) is 9.97 Å². The molecule has 0 fully saturated rings. The van der Waals surface area contributed by atoms with Crippen molar-refractivity contribution in [1.82, 2.24) is 9.97 Å². The van der Waals surface area contributed by atoms with Gasteiger partial charge in [-0.15, -0.1) is 0 Å². The standard InChI is InChI=1S/C24H21N5/c1-17(20-13-8-14-21(25)15-20)28-29-23-16-22(18-9-4-2-5-10-18)26-24(27-23)19-11-6-3-7-12-19/h2-16H,25H2,1H3,(H,26,27,29). The van der Waals surface area contributed by atoms with Gasteiger partial charge in [0.15, 0.2) is 11.6 Å². The van der Waals surface area contributed by atoms with Crippen LogP contribution in [0.5, 0.6) is 0 Å². The van der Waals surface area contributed by atoms with E-state index < -0.39 is 0 Å². The van der Waals surface area contributed by atoms with E-state index in [2.05, 4.69) is 15.5 Å². The Morgan fingerprint density at radius 1 is 0.793 bits per heavy atom. The van der Waals surface area contributed by atoms with Crippen LogP contribution in [-0.4, -0.2) is 15.7 Å². The lowest BCUT2D eigenvalue weighted by Gasteiger charge is -2.09. The van der Waals surface area contributed by atoms with Crippen LogP contribution in [-0.2, 0) is 0 Å². The molecular weight excluding hydrogens is 358 g/mol. The second kappa shape index (κ2) is 8.35. The molecule has 5 nitrogen and oxygen atoms in total. The first kappa shape index (κ1) is 18.4. The molecule has 1 heterocycles. The van der Waals surface area contributed by atoms with E-state index in [-0.39, 0.29) is 0 Å². The number of nitrogens with one attached hydrogen (secondary N) is 1. The first-order valence-electron chi connectivity index (χ1n) is 9.35. The van der Waals surface area contributed by atoms with Crippen molar-refractivity contribution in [2.24, 2.45) is 5.10 Å². The molecule has 29 heavy (non-hydrogen) atoms. The topological polar surface area (TPSA) is 76.2 Å². The van der Waals surface area contributed by atoms with Crippen LogP contribution < -0.4 is 11.2 Å². The number of aromatic nitrogens is 2. The minimum atomic E-state index is 0.626. The monoisotopic (exact) mass is 379 g/mol. The van der Waals surface area contributed by atoms with Crippen molar-refractivity contribution in [2.45, 2.75) is 6.92 Å². The number of benzene rings is 3. The smallest absolute Gasteiger partial charge is 0.162 e. The number of anilines is 2. The maximum atomic E-state index is 5.88. The summed E-state index contributed by atoms with van der Waals surface area (Å²) in [5.41, 5.74) is 14.2.